The van der Waals surface area contributed by atoms with Crippen LogP contribution in [-0.4, -0.2) is 17.2 Å². The second-order valence-corrected chi connectivity index (χ2v) is 2.29. The topological polar surface area (TPSA) is 46.5 Å². The van der Waals surface area contributed by atoms with Gasteiger partial charge in [-0.15, -0.1) is 0 Å². The van der Waals surface area contributed by atoms with Crippen LogP contribution in [-0.2, 0) is 9.53 Å². The molecule has 1 aliphatic heterocycles. The summed E-state index contributed by atoms with van der Waals surface area (Å²) in [4.78, 5) is 10.7. The second kappa shape index (κ2) is 2.73. The van der Waals surface area contributed by atoms with Crippen LogP contribution in [0.3, 0.4) is 0 Å². The minimum absolute atomic E-state index is 0.0223. The maximum absolute atomic E-state index is 10.7. The van der Waals surface area contributed by atoms with Crippen molar-refractivity contribution in [2.75, 3.05) is 0 Å². The molecule has 0 spiro atoms. The molecule has 1 heterocycles. The lowest BCUT2D eigenvalue weighted by Gasteiger charge is -2.01. The average molecular weight is 142 g/mol. The van der Waals surface area contributed by atoms with E-state index in [0.29, 0.717) is 12.0 Å². The Morgan fingerprint density at radius 3 is 2.90 bits per heavy atom. The third-order valence-electron chi connectivity index (χ3n) is 1.59. The van der Waals surface area contributed by atoms with Crippen LogP contribution in [0.1, 0.15) is 19.8 Å². The summed E-state index contributed by atoms with van der Waals surface area (Å²) in [5, 5.41) is 8.49. The van der Waals surface area contributed by atoms with Gasteiger partial charge in [0.1, 0.15) is 6.10 Å². The zero-order valence-electron chi connectivity index (χ0n) is 5.83. The van der Waals surface area contributed by atoms with Crippen molar-refractivity contribution in [2.24, 2.45) is 0 Å². The molecule has 3 heteroatoms. The van der Waals surface area contributed by atoms with Crippen LogP contribution in [0.2, 0.25) is 0 Å². The van der Waals surface area contributed by atoms with Gasteiger partial charge in [-0.1, -0.05) is 6.92 Å². The highest BCUT2D eigenvalue weighted by Gasteiger charge is 2.27. The predicted octanol–water partition coefficient (Wildman–Crippen LogP) is 1.15. The van der Waals surface area contributed by atoms with Gasteiger partial charge in [0.2, 0.25) is 0 Å². The molecule has 1 fully saturated rings. The van der Waals surface area contributed by atoms with Crippen LogP contribution in [0, 0.1) is 0 Å². The Hall–Kier alpha value is -0.990. The Morgan fingerprint density at radius 2 is 2.60 bits per heavy atom. The van der Waals surface area contributed by atoms with Gasteiger partial charge in [-0.3, -0.25) is 0 Å². The van der Waals surface area contributed by atoms with E-state index >= 15 is 0 Å². The number of rotatable bonds is 1. The summed E-state index contributed by atoms with van der Waals surface area (Å²) in [5.41, 5.74) is 0.381. The van der Waals surface area contributed by atoms with Crippen molar-refractivity contribution >= 4 is 5.97 Å². The summed E-state index contributed by atoms with van der Waals surface area (Å²) in [5.74, 6) is -0.380. The van der Waals surface area contributed by atoms with Gasteiger partial charge in [0.25, 0.3) is 0 Å². The quantitative estimate of drug-likeness (QED) is 0.339. The van der Waals surface area contributed by atoms with Gasteiger partial charge in [-0.25, -0.2) is 4.79 Å². The van der Waals surface area contributed by atoms with Crippen molar-refractivity contribution in [1.29, 1.82) is 0 Å². The third-order valence-corrected chi connectivity index (χ3v) is 1.59. The molecular formula is C7H10O3. The predicted molar refractivity (Wildman–Crippen MR) is 35.5 cm³/mol. The number of hydrogen-bond acceptors (Lipinski definition) is 3. The molecule has 56 valence electrons. The van der Waals surface area contributed by atoms with Crippen LogP contribution in [0.5, 0.6) is 0 Å². The van der Waals surface area contributed by atoms with Gasteiger partial charge in [-0.05, 0) is 6.42 Å². The monoisotopic (exact) mass is 142 g/mol. The van der Waals surface area contributed by atoms with Crippen LogP contribution in [0.25, 0.3) is 0 Å². The number of esters is 1. The summed E-state index contributed by atoms with van der Waals surface area (Å²) in [6.45, 7) is 1.94. The van der Waals surface area contributed by atoms with Crippen LogP contribution in [0.15, 0.2) is 11.8 Å². The molecule has 0 radical (unpaired) electrons. The number of carbonyl (C=O) groups is 1. The van der Waals surface area contributed by atoms with Crippen LogP contribution >= 0.6 is 0 Å². The minimum Gasteiger partial charge on any atom is -0.515 e. The fraction of sp³-hybridized carbons (Fsp3) is 0.571. The molecule has 0 aromatic rings. The summed E-state index contributed by atoms with van der Waals surface area (Å²) in [7, 11) is 0. The van der Waals surface area contributed by atoms with E-state index in [2.05, 4.69) is 0 Å². The zero-order chi connectivity index (χ0) is 7.56. The fourth-order valence-electron chi connectivity index (χ4n) is 0.930. The Bertz CT molecular complexity index is 172. The van der Waals surface area contributed by atoms with E-state index in [-0.39, 0.29) is 12.1 Å². The van der Waals surface area contributed by atoms with Crippen LogP contribution in [0.4, 0.5) is 0 Å². The number of aliphatic hydroxyl groups excluding tert-OH is 1. The molecule has 1 saturated heterocycles. The Labute approximate surface area is 59.3 Å². The lowest BCUT2D eigenvalue weighted by molar-refractivity contribution is -0.138. The molecule has 0 aliphatic carbocycles. The molecule has 3 nitrogen and oxygen atoms in total. The van der Waals surface area contributed by atoms with Gasteiger partial charge in [-0.2, -0.15) is 0 Å². The number of aliphatic hydroxyl groups is 1. The van der Waals surface area contributed by atoms with E-state index in [1.165, 1.54) is 0 Å². The molecule has 10 heavy (non-hydrogen) atoms. The smallest absolute Gasteiger partial charge is 0.337 e. The summed E-state index contributed by atoms with van der Waals surface area (Å²) in [6.07, 6.45) is 2.17. The highest BCUT2D eigenvalue weighted by atomic mass is 16.5. The summed E-state index contributed by atoms with van der Waals surface area (Å²) >= 11 is 0. The van der Waals surface area contributed by atoms with Gasteiger partial charge < -0.3 is 9.84 Å². The minimum atomic E-state index is -0.380. The van der Waals surface area contributed by atoms with Crippen molar-refractivity contribution in [1.82, 2.24) is 0 Å². The zero-order valence-corrected chi connectivity index (χ0v) is 5.83. The molecule has 1 atom stereocenters. The second-order valence-electron chi connectivity index (χ2n) is 2.29. The van der Waals surface area contributed by atoms with E-state index in [4.69, 9.17) is 9.84 Å². The number of cyclic esters (lactones) is 1. The largest absolute Gasteiger partial charge is 0.515 e. The first-order chi connectivity index (χ1) is 4.77. The van der Waals surface area contributed by atoms with Crippen molar-refractivity contribution in [3.05, 3.63) is 11.8 Å². The molecule has 0 amide bonds. The molecule has 1 aliphatic rings. The molecule has 0 aromatic heterocycles. The highest BCUT2D eigenvalue weighted by molar-refractivity contribution is 5.90. The molecule has 1 N–H and O–H groups in total. The lowest BCUT2D eigenvalue weighted by atomic mass is 10.1. The standard InChI is InChI=1S/C7H10O3/c1-2-6-3-5(4-8)7(9)10-6/h4,6,8H,2-3H2,1H3. The first-order valence-electron chi connectivity index (χ1n) is 3.32. The number of hydrogen-bond donors (Lipinski definition) is 1. The van der Waals surface area contributed by atoms with Gasteiger partial charge in [0, 0.05) is 6.42 Å². The van der Waals surface area contributed by atoms with E-state index in [1.807, 2.05) is 6.92 Å². The Kier molecular flexibility index (Phi) is 1.94. The normalized spacial score (nSPS) is 29.1. The van der Waals surface area contributed by atoms with Crippen molar-refractivity contribution in [3.63, 3.8) is 0 Å². The van der Waals surface area contributed by atoms with Crippen molar-refractivity contribution < 1.29 is 14.6 Å². The first kappa shape index (κ1) is 7.12. The molecule has 1 unspecified atom stereocenters. The lowest BCUT2D eigenvalue weighted by Crippen LogP contribution is -2.03. The number of ether oxygens (including phenoxy) is 1. The molecule has 0 saturated carbocycles. The van der Waals surface area contributed by atoms with E-state index in [0.717, 1.165) is 12.7 Å². The van der Waals surface area contributed by atoms with Crippen molar-refractivity contribution in [3.8, 4) is 0 Å². The van der Waals surface area contributed by atoms with Crippen LogP contribution < -0.4 is 0 Å². The van der Waals surface area contributed by atoms with Gasteiger partial charge >= 0.3 is 5.97 Å². The Morgan fingerprint density at radius 1 is 1.90 bits per heavy atom. The number of carbonyl (C=O) groups excluding carboxylic acids is 1. The van der Waals surface area contributed by atoms with E-state index < -0.39 is 0 Å². The summed E-state index contributed by atoms with van der Waals surface area (Å²) < 4.78 is 4.85. The third kappa shape index (κ3) is 1.12. The van der Waals surface area contributed by atoms with Gasteiger partial charge in [0.15, 0.2) is 0 Å². The average Bonchev–Trinajstić information content (AvgIpc) is 2.30. The first-order valence-corrected chi connectivity index (χ1v) is 3.32. The molecular weight excluding hydrogens is 132 g/mol. The summed E-state index contributed by atoms with van der Waals surface area (Å²) in [6, 6.07) is 0. The van der Waals surface area contributed by atoms with E-state index in [9.17, 15) is 4.79 Å². The maximum atomic E-state index is 10.7. The maximum Gasteiger partial charge on any atom is 0.337 e. The van der Waals surface area contributed by atoms with Crippen molar-refractivity contribution in [2.45, 2.75) is 25.9 Å². The molecule has 0 bridgehead atoms. The highest BCUT2D eigenvalue weighted by Crippen LogP contribution is 2.21. The van der Waals surface area contributed by atoms with Gasteiger partial charge in [0.05, 0.1) is 11.8 Å². The fourth-order valence-corrected chi connectivity index (χ4v) is 0.930. The Balaban J connectivity index is 2.61. The molecule has 0 aromatic carbocycles. The SMILES string of the molecule is CCC1CC(=CO)C(=O)O1. The molecule has 1 rings (SSSR count). The van der Waals surface area contributed by atoms with E-state index in [1.54, 1.807) is 0 Å².